The highest BCUT2D eigenvalue weighted by Gasteiger charge is 2.26. The molecule has 1 amide bonds. The summed E-state index contributed by atoms with van der Waals surface area (Å²) >= 11 is 6.03. The van der Waals surface area contributed by atoms with E-state index < -0.39 is 5.82 Å². The van der Waals surface area contributed by atoms with E-state index in [1.54, 1.807) is 11.0 Å². The Hall–Kier alpha value is -2.27. The first-order valence-corrected chi connectivity index (χ1v) is 9.84. The first kappa shape index (κ1) is 18.1. The van der Waals surface area contributed by atoms with E-state index >= 15 is 0 Å². The summed E-state index contributed by atoms with van der Waals surface area (Å²) in [5.74, 6) is -0.894. The number of hydrogen-bond donors (Lipinski definition) is 0. The van der Waals surface area contributed by atoms with E-state index in [0.29, 0.717) is 13.1 Å². The van der Waals surface area contributed by atoms with Gasteiger partial charge in [0.1, 0.15) is 5.82 Å². The number of rotatable bonds is 3. The van der Waals surface area contributed by atoms with Crippen molar-refractivity contribution in [3.05, 3.63) is 58.9 Å². The maximum atomic E-state index is 14.0. The zero-order chi connectivity index (χ0) is 18.8. The van der Waals surface area contributed by atoms with Gasteiger partial charge < -0.3 is 14.7 Å². The van der Waals surface area contributed by atoms with Gasteiger partial charge in [0, 0.05) is 50.6 Å². The van der Waals surface area contributed by atoms with Gasteiger partial charge in [-0.25, -0.2) is 4.39 Å². The number of piperazine rings is 1. The fraction of sp³-hybridized carbons (Fsp3) is 0.381. The zero-order valence-electron chi connectivity index (χ0n) is 15.2. The molecule has 6 heteroatoms. The minimum atomic E-state index is -0.563. The average molecular weight is 388 g/mol. The Kier molecular flexibility index (Phi) is 5.21. The molecule has 2 heterocycles. The second-order valence-electron chi connectivity index (χ2n) is 7.09. The van der Waals surface area contributed by atoms with Crippen LogP contribution in [-0.4, -0.2) is 50.1 Å². The van der Waals surface area contributed by atoms with E-state index in [1.807, 2.05) is 0 Å². The van der Waals surface area contributed by atoms with Crippen LogP contribution in [0.15, 0.2) is 42.5 Å². The van der Waals surface area contributed by atoms with Gasteiger partial charge in [-0.05, 0) is 49.2 Å². The van der Waals surface area contributed by atoms with Crippen molar-refractivity contribution in [2.75, 3.05) is 49.1 Å². The van der Waals surface area contributed by atoms with Crippen molar-refractivity contribution < 1.29 is 9.18 Å². The van der Waals surface area contributed by atoms with E-state index in [4.69, 9.17) is 11.6 Å². The van der Waals surface area contributed by atoms with Crippen molar-refractivity contribution in [1.29, 1.82) is 0 Å². The molecule has 2 aliphatic heterocycles. The Balaban J connectivity index is 1.39. The Labute approximate surface area is 164 Å². The normalized spacial score (nSPS) is 17.5. The molecule has 2 saturated heterocycles. The van der Waals surface area contributed by atoms with Gasteiger partial charge in [0.15, 0.2) is 0 Å². The number of halogens is 2. The molecule has 2 aromatic rings. The van der Waals surface area contributed by atoms with Crippen LogP contribution in [0, 0.1) is 5.82 Å². The van der Waals surface area contributed by atoms with E-state index in [9.17, 15) is 9.18 Å². The Morgan fingerprint density at radius 1 is 0.815 bits per heavy atom. The van der Waals surface area contributed by atoms with Crippen LogP contribution in [0.5, 0.6) is 0 Å². The summed E-state index contributed by atoms with van der Waals surface area (Å²) in [6.07, 6.45) is 2.54. The van der Waals surface area contributed by atoms with Gasteiger partial charge in [0.25, 0.3) is 5.91 Å². The van der Waals surface area contributed by atoms with Crippen molar-refractivity contribution in [3.8, 4) is 0 Å². The molecule has 0 spiro atoms. The number of anilines is 2. The summed E-state index contributed by atoms with van der Waals surface area (Å²) in [4.78, 5) is 19.0. The molecule has 0 aromatic heterocycles. The molecule has 2 fully saturated rings. The molecule has 4 rings (SSSR count). The van der Waals surface area contributed by atoms with E-state index in [-0.39, 0.29) is 16.5 Å². The number of carbonyl (C=O) groups excluding carboxylic acids is 1. The van der Waals surface area contributed by atoms with Crippen LogP contribution in [0.3, 0.4) is 0 Å². The maximum absolute atomic E-state index is 14.0. The van der Waals surface area contributed by atoms with E-state index in [1.165, 1.54) is 30.7 Å². The minimum absolute atomic E-state index is 0.0254. The lowest BCUT2D eigenvalue weighted by Gasteiger charge is -2.36. The summed E-state index contributed by atoms with van der Waals surface area (Å²) < 4.78 is 14.0. The zero-order valence-corrected chi connectivity index (χ0v) is 16.0. The number of hydrogen-bond acceptors (Lipinski definition) is 3. The maximum Gasteiger partial charge on any atom is 0.258 e. The SMILES string of the molecule is O=C(c1c(F)cccc1Cl)N1CCN(c2ccc(N3CCCC3)cc2)CC1. The Bertz CT molecular complexity index is 792. The van der Waals surface area contributed by atoms with Crippen LogP contribution in [0.4, 0.5) is 15.8 Å². The molecule has 0 bridgehead atoms. The lowest BCUT2D eigenvalue weighted by atomic mass is 10.1. The summed E-state index contributed by atoms with van der Waals surface area (Å²) in [6.45, 7) is 4.83. The van der Waals surface area contributed by atoms with E-state index in [2.05, 4.69) is 34.1 Å². The molecule has 0 aliphatic carbocycles. The topological polar surface area (TPSA) is 26.8 Å². The van der Waals surface area contributed by atoms with Crippen LogP contribution < -0.4 is 9.80 Å². The highest BCUT2D eigenvalue weighted by Crippen LogP contribution is 2.26. The van der Waals surface area contributed by atoms with Crippen LogP contribution in [0.25, 0.3) is 0 Å². The number of nitrogens with zero attached hydrogens (tertiary/aromatic N) is 3. The van der Waals surface area contributed by atoms with Gasteiger partial charge in [-0.15, -0.1) is 0 Å². The monoisotopic (exact) mass is 387 g/mol. The molecule has 2 aromatic carbocycles. The number of carbonyl (C=O) groups is 1. The Morgan fingerprint density at radius 3 is 1.93 bits per heavy atom. The highest BCUT2D eigenvalue weighted by molar-refractivity contribution is 6.33. The number of amides is 1. The largest absolute Gasteiger partial charge is 0.372 e. The van der Waals surface area contributed by atoms with Gasteiger partial charge in [0.05, 0.1) is 10.6 Å². The molecule has 0 saturated carbocycles. The molecular formula is C21H23ClFN3O. The summed E-state index contributed by atoms with van der Waals surface area (Å²) in [5.41, 5.74) is 2.41. The highest BCUT2D eigenvalue weighted by atomic mass is 35.5. The quantitative estimate of drug-likeness (QED) is 0.795. The fourth-order valence-electron chi connectivity index (χ4n) is 3.88. The molecule has 27 heavy (non-hydrogen) atoms. The second kappa shape index (κ2) is 7.77. The predicted octanol–water partition coefficient (Wildman–Crippen LogP) is 4.04. The third-order valence-corrected chi connectivity index (χ3v) is 5.74. The third-order valence-electron chi connectivity index (χ3n) is 5.43. The average Bonchev–Trinajstić information content (AvgIpc) is 3.23. The lowest BCUT2D eigenvalue weighted by Crippen LogP contribution is -2.49. The van der Waals surface area contributed by atoms with Gasteiger partial charge in [-0.2, -0.15) is 0 Å². The summed E-state index contributed by atoms with van der Waals surface area (Å²) in [6, 6.07) is 13.0. The van der Waals surface area contributed by atoms with Crippen molar-refractivity contribution in [2.45, 2.75) is 12.8 Å². The van der Waals surface area contributed by atoms with Gasteiger partial charge in [-0.1, -0.05) is 17.7 Å². The van der Waals surface area contributed by atoms with Crippen molar-refractivity contribution in [1.82, 2.24) is 4.90 Å². The van der Waals surface area contributed by atoms with Crippen LogP contribution in [-0.2, 0) is 0 Å². The summed E-state index contributed by atoms with van der Waals surface area (Å²) in [7, 11) is 0. The predicted molar refractivity (Wildman–Crippen MR) is 107 cm³/mol. The van der Waals surface area contributed by atoms with Crippen LogP contribution >= 0.6 is 11.6 Å². The molecule has 0 N–H and O–H groups in total. The molecule has 0 unspecified atom stereocenters. The van der Waals surface area contributed by atoms with Gasteiger partial charge >= 0.3 is 0 Å². The fourth-order valence-corrected chi connectivity index (χ4v) is 4.12. The molecule has 2 aliphatic rings. The smallest absolute Gasteiger partial charge is 0.258 e. The Morgan fingerprint density at radius 2 is 1.37 bits per heavy atom. The second-order valence-corrected chi connectivity index (χ2v) is 7.49. The van der Waals surface area contributed by atoms with Crippen molar-refractivity contribution in [2.24, 2.45) is 0 Å². The van der Waals surface area contributed by atoms with Gasteiger partial charge in [-0.3, -0.25) is 4.79 Å². The lowest BCUT2D eigenvalue weighted by molar-refractivity contribution is 0.0742. The first-order chi connectivity index (χ1) is 13.1. The molecule has 4 nitrogen and oxygen atoms in total. The molecule has 142 valence electrons. The molecule has 0 radical (unpaired) electrons. The molecule has 0 atom stereocenters. The minimum Gasteiger partial charge on any atom is -0.372 e. The van der Waals surface area contributed by atoms with Gasteiger partial charge in [0.2, 0.25) is 0 Å². The van der Waals surface area contributed by atoms with Crippen molar-refractivity contribution >= 4 is 28.9 Å². The first-order valence-electron chi connectivity index (χ1n) is 9.47. The van der Waals surface area contributed by atoms with Crippen LogP contribution in [0.2, 0.25) is 5.02 Å². The van der Waals surface area contributed by atoms with Crippen molar-refractivity contribution in [3.63, 3.8) is 0 Å². The molecular weight excluding hydrogens is 365 g/mol. The standard InChI is InChI=1S/C21H23ClFN3O/c22-18-4-3-5-19(23)20(18)21(27)26-14-12-25(13-15-26)17-8-6-16(7-9-17)24-10-1-2-11-24/h3-9H,1-2,10-15H2. The third kappa shape index (κ3) is 3.74. The number of benzene rings is 2. The van der Waals surface area contributed by atoms with Crippen LogP contribution in [0.1, 0.15) is 23.2 Å². The summed E-state index contributed by atoms with van der Waals surface area (Å²) in [5, 5.41) is 0.167. The van der Waals surface area contributed by atoms with E-state index in [0.717, 1.165) is 31.9 Å².